The van der Waals surface area contributed by atoms with Crippen molar-refractivity contribution in [1.29, 1.82) is 0 Å². The fraction of sp³-hybridized carbons (Fsp3) is 0.900. The molecular formula is C10H15F3O3. The molecule has 1 saturated heterocycles. The topological polar surface area (TPSA) is 46.5 Å². The molecule has 94 valence electrons. The van der Waals surface area contributed by atoms with Crippen LogP contribution in [0, 0.1) is 5.92 Å². The normalized spacial score (nSPS) is 30.6. The van der Waals surface area contributed by atoms with Crippen LogP contribution >= 0.6 is 0 Å². The van der Waals surface area contributed by atoms with Crippen molar-refractivity contribution in [3.05, 3.63) is 0 Å². The van der Waals surface area contributed by atoms with Gasteiger partial charge in [0, 0.05) is 0 Å². The number of hydrogen-bond acceptors (Lipinski definition) is 2. The molecule has 0 amide bonds. The monoisotopic (exact) mass is 240 g/mol. The summed E-state index contributed by atoms with van der Waals surface area (Å²) in [6.07, 6.45) is -5.26. The molecule has 0 aromatic rings. The number of aliphatic carboxylic acids is 1. The van der Waals surface area contributed by atoms with Gasteiger partial charge in [-0.2, -0.15) is 13.2 Å². The van der Waals surface area contributed by atoms with Gasteiger partial charge in [-0.05, 0) is 12.8 Å². The highest BCUT2D eigenvalue weighted by atomic mass is 19.4. The van der Waals surface area contributed by atoms with Gasteiger partial charge >= 0.3 is 12.1 Å². The lowest BCUT2D eigenvalue weighted by atomic mass is 9.97. The quantitative estimate of drug-likeness (QED) is 0.821. The van der Waals surface area contributed by atoms with Crippen molar-refractivity contribution >= 4 is 5.97 Å². The molecule has 16 heavy (non-hydrogen) atoms. The molecule has 0 saturated carbocycles. The minimum Gasteiger partial charge on any atom is -0.481 e. The molecule has 0 bridgehead atoms. The van der Waals surface area contributed by atoms with E-state index in [2.05, 4.69) is 0 Å². The van der Waals surface area contributed by atoms with E-state index in [0.717, 1.165) is 12.8 Å². The predicted octanol–water partition coefficient (Wildman–Crippen LogP) is 2.60. The average Bonchev–Trinajstić information content (AvgIpc) is 2.58. The number of carbonyl (C=O) groups is 1. The van der Waals surface area contributed by atoms with Gasteiger partial charge in [0.1, 0.15) is 0 Å². The number of ether oxygens (including phenoxy) is 1. The summed E-state index contributed by atoms with van der Waals surface area (Å²) >= 11 is 0. The number of hydrogen-bond donors (Lipinski definition) is 1. The third kappa shape index (κ3) is 3.10. The van der Waals surface area contributed by atoms with Gasteiger partial charge in [0.15, 0.2) is 6.10 Å². The molecule has 1 aliphatic rings. The van der Waals surface area contributed by atoms with Crippen LogP contribution in [0.15, 0.2) is 0 Å². The molecule has 1 fully saturated rings. The summed E-state index contributed by atoms with van der Waals surface area (Å²) < 4.78 is 42.2. The van der Waals surface area contributed by atoms with E-state index >= 15 is 0 Å². The Labute approximate surface area is 91.6 Å². The largest absolute Gasteiger partial charge is 0.481 e. The molecule has 3 atom stereocenters. The summed E-state index contributed by atoms with van der Waals surface area (Å²) in [6.45, 7) is 1.92. The zero-order valence-corrected chi connectivity index (χ0v) is 8.96. The highest BCUT2D eigenvalue weighted by molar-refractivity contribution is 5.71. The van der Waals surface area contributed by atoms with Crippen LogP contribution in [0.1, 0.15) is 32.6 Å². The number of unbranched alkanes of at least 4 members (excludes halogenated alkanes) is 1. The molecule has 1 heterocycles. The first kappa shape index (κ1) is 13.3. The van der Waals surface area contributed by atoms with E-state index in [4.69, 9.17) is 9.84 Å². The van der Waals surface area contributed by atoms with Crippen LogP contribution in [0.25, 0.3) is 0 Å². The summed E-state index contributed by atoms with van der Waals surface area (Å²) in [5.74, 6) is -2.89. The minimum absolute atomic E-state index is 0.0422. The SMILES string of the molecule is CCCCC1CC(C(=O)O)C(C(F)(F)F)O1. The van der Waals surface area contributed by atoms with Crippen LogP contribution in [-0.2, 0) is 9.53 Å². The number of carboxylic acids is 1. The summed E-state index contributed by atoms with van der Waals surface area (Å²) in [4.78, 5) is 10.7. The average molecular weight is 240 g/mol. The number of carboxylic acid groups (broad SMARTS) is 1. The maximum Gasteiger partial charge on any atom is 0.415 e. The van der Waals surface area contributed by atoms with E-state index in [1.165, 1.54) is 0 Å². The summed E-state index contributed by atoms with van der Waals surface area (Å²) in [6, 6.07) is 0. The van der Waals surface area contributed by atoms with E-state index in [9.17, 15) is 18.0 Å². The molecular weight excluding hydrogens is 225 g/mol. The van der Waals surface area contributed by atoms with Gasteiger partial charge in [0.2, 0.25) is 0 Å². The predicted molar refractivity (Wildman–Crippen MR) is 50.0 cm³/mol. The molecule has 3 unspecified atom stereocenters. The van der Waals surface area contributed by atoms with Gasteiger partial charge in [0.05, 0.1) is 12.0 Å². The molecule has 0 aliphatic carbocycles. The molecule has 0 radical (unpaired) electrons. The van der Waals surface area contributed by atoms with E-state index in [1.54, 1.807) is 0 Å². The second kappa shape index (κ2) is 5.03. The molecule has 0 aromatic carbocycles. The van der Waals surface area contributed by atoms with Gasteiger partial charge in [0.25, 0.3) is 0 Å². The van der Waals surface area contributed by atoms with Gasteiger partial charge in [-0.25, -0.2) is 0 Å². The third-order valence-corrected chi connectivity index (χ3v) is 2.74. The molecule has 6 heteroatoms. The molecule has 1 rings (SSSR count). The zero-order chi connectivity index (χ0) is 12.3. The second-order valence-electron chi connectivity index (χ2n) is 4.04. The van der Waals surface area contributed by atoms with E-state index < -0.39 is 30.3 Å². The van der Waals surface area contributed by atoms with Crippen LogP contribution in [0.4, 0.5) is 13.2 Å². The first-order valence-corrected chi connectivity index (χ1v) is 5.31. The Morgan fingerprint density at radius 2 is 2.12 bits per heavy atom. The Bertz CT molecular complexity index is 252. The summed E-state index contributed by atoms with van der Waals surface area (Å²) in [5.41, 5.74) is 0. The first-order valence-electron chi connectivity index (χ1n) is 5.31. The Balaban J connectivity index is 2.65. The van der Waals surface area contributed by atoms with Crippen LogP contribution in [-0.4, -0.2) is 29.5 Å². The lowest BCUT2D eigenvalue weighted by molar-refractivity contribution is -0.226. The van der Waals surface area contributed by atoms with E-state index in [-0.39, 0.29) is 6.42 Å². The van der Waals surface area contributed by atoms with E-state index in [0.29, 0.717) is 6.42 Å². The summed E-state index contributed by atoms with van der Waals surface area (Å²) in [5, 5.41) is 8.71. The number of alkyl halides is 3. The van der Waals surface area contributed by atoms with Gasteiger partial charge < -0.3 is 9.84 Å². The van der Waals surface area contributed by atoms with Crippen molar-refractivity contribution in [3.8, 4) is 0 Å². The molecule has 0 aromatic heterocycles. The van der Waals surface area contributed by atoms with Crippen molar-refractivity contribution in [2.45, 2.75) is 51.0 Å². The summed E-state index contributed by atoms with van der Waals surface area (Å²) in [7, 11) is 0. The van der Waals surface area contributed by atoms with Gasteiger partial charge in [-0.3, -0.25) is 4.79 Å². The van der Waals surface area contributed by atoms with Gasteiger partial charge in [-0.15, -0.1) is 0 Å². The Hall–Kier alpha value is -0.780. The van der Waals surface area contributed by atoms with Crippen LogP contribution in [0.5, 0.6) is 0 Å². The van der Waals surface area contributed by atoms with Gasteiger partial charge in [-0.1, -0.05) is 19.8 Å². The number of rotatable bonds is 4. The van der Waals surface area contributed by atoms with Crippen molar-refractivity contribution in [2.24, 2.45) is 5.92 Å². The second-order valence-corrected chi connectivity index (χ2v) is 4.04. The third-order valence-electron chi connectivity index (χ3n) is 2.74. The maximum absolute atomic E-state index is 12.5. The Kier molecular flexibility index (Phi) is 4.18. The van der Waals surface area contributed by atoms with Crippen LogP contribution in [0.3, 0.4) is 0 Å². The van der Waals surface area contributed by atoms with Crippen molar-refractivity contribution in [1.82, 2.24) is 0 Å². The lowest BCUT2D eigenvalue weighted by Crippen LogP contribution is -2.37. The lowest BCUT2D eigenvalue weighted by Gasteiger charge is -2.18. The molecule has 3 nitrogen and oxygen atoms in total. The first-order chi connectivity index (χ1) is 7.36. The van der Waals surface area contributed by atoms with Crippen LogP contribution < -0.4 is 0 Å². The fourth-order valence-corrected chi connectivity index (χ4v) is 1.92. The minimum atomic E-state index is -4.59. The van der Waals surface area contributed by atoms with Crippen molar-refractivity contribution in [2.75, 3.05) is 0 Å². The Morgan fingerprint density at radius 3 is 2.50 bits per heavy atom. The molecule has 1 aliphatic heterocycles. The van der Waals surface area contributed by atoms with Crippen LogP contribution in [0.2, 0.25) is 0 Å². The zero-order valence-electron chi connectivity index (χ0n) is 8.96. The highest BCUT2D eigenvalue weighted by Gasteiger charge is 2.54. The van der Waals surface area contributed by atoms with Crippen molar-refractivity contribution in [3.63, 3.8) is 0 Å². The maximum atomic E-state index is 12.5. The standard InChI is InChI=1S/C10H15F3O3/c1-2-3-4-6-5-7(9(14)15)8(16-6)10(11,12)13/h6-8H,2-5H2,1H3,(H,14,15). The molecule has 1 N–H and O–H groups in total. The smallest absolute Gasteiger partial charge is 0.415 e. The Morgan fingerprint density at radius 1 is 1.50 bits per heavy atom. The van der Waals surface area contributed by atoms with E-state index in [1.807, 2.05) is 6.92 Å². The molecule has 0 spiro atoms. The fourth-order valence-electron chi connectivity index (χ4n) is 1.92. The number of halogens is 3. The van der Waals surface area contributed by atoms with Crippen molar-refractivity contribution < 1.29 is 27.8 Å². The highest BCUT2D eigenvalue weighted by Crippen LogP contribution is 2.39.